The van der Waals surface area contributed by atoms with Gasteiger partial charge in [0.05, 0.1) is 15.8 Å². The summed E-state index contributed by atoms with van der Waals surface area (Å²) in [6.45, 7) is 0.810. The summed E-state index contributed by atoms with van der Waals surface area (Å²) < 4.78 is 26.4. The van der Waals surface area contributed by atoms with Crippen LogP contribution < -0.4 is 51.0 Å². The Morgan fingerprint density at radius 3 is 2.47 bits per heavy atom. The van der Waals surface area contributed by atoms with Gasteiger partial charge >= 0.3 is 35.5 Å². The minimum absolute atomic E-state index is 0. The van der Waals surface area contributed by atoms with Gasteiger partial charge in [-0.1, -0.05) is 10.3 Å². The molecule has 2 aliphatic heterocycles. The number of nitrogen functional groups attached to an aromatic ring is 1. The van der Waals surface area contributed by atoms with Crippen molar-refractivity contribution in [2.75, 3.05) is 37.6 Å². The zero-order valence-corrected chi connectivity index (χ0v) is 26.9. The number of thiazole rings is 2. The van der Waals surface area contributed by atoms with Crippen LogP contribution in [0.4, 0.5) is 10.3 Å². The number of hydrogen-bond donors (Lipinski definition) is 3. The molecule has 43 heavy (non-hydrogen) atoms. The predicted molar refractivity (Wildman–Crippen MR) is 148 cm³/mol. The maximum Gasteiger partial charge on any atom is 1.00 e. The fourth-order valence-corrected chi connectivity index (χ4v) is 6.29. The van der Waals surface area contributed by atoms with Crippen molar-refractivity contribution in [3.63, 3.8) is 0 Å². The molecule has 4 heterocycles. The smallest absolute Gasteiger partial charge is 0.543 e. The number of ether oxygens (including phenoxy) is 1. The number of nitrogens with zero attached hydrogens (tertiary/aromatic N) is 5. The number of carboxylic acid groups (broad SMARTS) is 1. The van der Waals surface area contributed by atoms with Gasteiger partial charge in [0, 0.05) is 29.0 Å². The van der Waals surface area contributed by atoms with E-state index in [0.29, 0.717) is 0 Å². The van der Waals surface area contributed by atoms with Crippen LogP contribution in [0.1, 0.15) is 22.4 Å². The summed E-state index contributed by atoms with van der Waals surface area (Å²) in [5, 5.41) is 25.7. The maximum atomic E-state index is 13.2. The van der Waals surface area contributed by atoms with Crippen LogP contribution in [0.3, 0.4) is 0 Å². The van der Waals surface area contributed by atoms with E-state index in [-0.39, 0.29) is 74.9 Å². The summed E-state index contributed by atoms with van der Waals surface area (Å²) in [6, 6.07) is -1.16. The van der Waals surface area contributed by atoms with Crippen molar-refractivity contribution >= 4 is 85.8 Å². The summed E-state index contributed by atoms with van der Waals surface area (Å²) >= 11 is 2.96. The number of fused-ring (bicyclic) bond motifs is 1. The molecule has 0 saturated carbocycles. The third kappa shape index (κ3) is 7.51. The first-order chi connectivity index (χ1) is 21.2. The first-order valence-electron chi connectivity index (χ1n) is 12.9. The van der Waals surface area contributed by atoms with Crippen LogP contribution in [-0.4, -0.2) is 93.9 Å². The Bertz CT molecular complexity index is 1640. The van der Waals surface area contributed by atoms with Gasteiger partial charge in [-0.3, -0.25) is 29.4 Å². The molecule has 2 atom stereocenters. The number of hydrogen-bond acceptors (Lipinski definition) is 17. The van der Waals surface area contributed by atoms with Crippen LogP contribution in [0.15, 0.2) is 32.3 Å². The second-order valence-electron chi connectivity index (χ2n) is 8.10. The molecule has 1 fully saturated rings. The van der Waals surface area contributed by atoms with Crippen LogP contribution in [-0.2, 0) is 38.4 Å². The van der Waals surface area contributed by atoms with Gasteiger partial charge in [-0.15, -0.1) is 34.4 Å². The molecule has 0 aromatic carbocycles. The van der Waals surface area contributed by atoms with Crippen molar-refractivity contribution in [2.24, 2.45) is 10.3 Å². The van der Waals surface area contributed by atoms with Gasteiger partial charge in [0.15, 0.2) is 21.7 Å². The van der Waals surface area contributed by atoms with Gasteiger partial charge in [0.1, 0.15) is 43.6 Å². The quantitative estimate of drug-likeness (QED) is 0.0676. The first-order valence-corrected chi connectivity index (χ1v) is 14.2. The third-order valence-corrected chi connectivity index (χ3v) is 8.23. The van der Waals surface area contributed by atoms with Crippen LogP contribution in [0.5, 0.6) is 0 Å². The average molecular weight is 664 g/mol. The van der Waals surface area contributed by atoms with E-state index in [1.807, 2.05) is 0 Å². The Balaban J connectivity index is 0.00000576. The minimum Gasteiger partial charge on any atom is -0.543 e. The first kappa shape index (κ1) is 29.5. The molecule has 3 amide bonds. The molecular weight excluding hydrogens is 639 g/mol. The fraction of sp³-hybridized carbons (Fsp3) is 0.318. The summed E-state index contributed by atoms with van der Waals surface area (Å²) in [6.07, 6.45) is 0. The molecule has 2 aromatic rings. The fourth-order valence-electron chi connectivity index (χ4n) is 3.72. The second-order valence-corrected chi connectivity index (χ2v) is 11.0. The molecule has 4 N–H and O–H groups in total. The number of aromatic nitrogens is 2. The topological polar surface area (TPSA) is 240 Å². The molecule has 222 valence electrons. The largest absolute Gasteiger partial charge is 1.00 e. The number of aliphatic carboxylic acids is 1. The van der Waals surface area contributed by atoms with Crippen LogP contribution in [0.2, 0.25) is 0 Å². The molecule has 1 saturated heterocycles. The molecule has 0 aliphatic carbocycles. The number of β-lactam (4-membered cyclic amide) rings is 1. The number of carbonyl (C=O) groups is 5. The molecule has 0 unspecified atom stereocenters. The molecule has 17 nitrogen and oxygen atoms in total. The second kappa shape index (κ2) is 14.8. The number of thioether (sulfide) groups is 1. The number of oxime groups is 2. The Labute approximate surface area is 281 Å². The Morgan fingerprint density at radius 2 is 1.84 bits per heavy atom. The molecular formula is C22H21N8NaO9S3. The van der Waals surface area contributed by atoms with E-state index >= 15 is 0 Å². The monoisotopic (exact) mass is 663 g/mol. The molecule has 0 radical (unpaired) electrons. The number of rotatable bonds is 11. The predicted octanol–water partition coefficient (Wildman–Crippen LogP) is -4.51. The van der Waals surface area contributed by atoms with E-state index in [9.17, 15) is 29.1 Å². The SMILES string of the molecule is [2H]C([2H])([2H])O/N=C(\C(=O)Nc1nc(/C(=N/OC)C(=O)N[C@@H]2C(=O)N3C(C(=O)[O-])=C(COC(C)=O)CS[C@H]23)cs1)c1csc(N)n1.[Na+]. The van der Waals surface area contributed by atoms with Crippen molar-refractivity contribution in [1.29, 1.82) is 0 Å². The summed E-state index contributed by atoms with van der Waals surface area (Å²) in [4.78, 5) is 80.2. The van der Waals surface area contributed by atoms with Gasteiger partial charge in [0.2, 0.25) is 0 Å². The van der Waals surface area contributed by atoms with E-state index in [0.717, 1.165) is 53.4 Å². The van der Waals surface area contributed by atoms with Gasteiger partial charge in [-0.05, 0) is 0 Å². The molecule has 2 aliphatic rings. The number of carbonyl (C=O) groups excluding carboxylic acids is 5. The minimum atomic E-state index is -2.95. The number of esters is 1. The number of nitrogens with two attached hydrogens (primary N) is 1. The van der Waals surface area contributed by atoms with Crippen molar-refractivity contribution in [3.8, 4) is 0 Å². The standard InChI is InChI=1S/C22H22N8O9S3.Na/c1-8(31)39-4-9-5-40-19-14(18(34)30(19)15(9)20(35)36)26-16(32)13(29-38-3)11-7-42-22(25-11)27-17(33)12(28-37-2)10-6-41-21(23)24-10;/h6-7,14,19H,4-5H2,1-3H3,(H2,23,24)(H,26,32)(H,35,36)(H,25,27,33);/q;+1/p-1/b28-12-,29-13-;/t14-,19-;/m1./s1/i2D3;. The van der Waals surface area contributed by atoms with E-state index in [1.54, 1.807) is 0 Å². The summed E-state index contributed by atoms with van der Waals surface area (Å²) in [5.41, 5.74) is 4.29. The van der Waals surface area contributed by atoms with E-state index in [1.165, 1.54) is 10.8 Å². The molecule has 4 rings (SSSR count). The van der Waals surface area contributed by atoms with Crippen LogP contribution in [0.25, 0.3) is 0 Å². The van der Waals surface area contributed by atoms with Crippen LogP contribution >= 0.6 is 34.4 Å². The molecule has 0 bridgehead atoms. The summed E-state index contributed by atoms with van der Waals surface area (Å²) in [7, 11) is -1.80. The van der Waals surface area contributed by atoms with Gasteiger partial charge in [-0.2, -0.15) is 0 Å². The van der Waals surface area contributed by atoms with Crippen molar-refractivity contribution in [1.82, 2.24) is 20.2 Å². The van der Waals surface area contributed by atoms with Crippen molar-refractivity contribution in [3.05, 3.63) is 33.4 Å². The molecule has 2 aromatic heterocycles. The van der Waals surface area contributed by atoms with Gasteiger partial charge in [0.25, 0.3) is 17.7 Å². The zero-order valence-electron chi connectivity index (χ0n) is 25.4. The van der Waals surface area contributed by atoms with Crippen molar-refractivity contribution < 1.29 is 77.2 Å². The van der Waals surface area contributed by atoms with Crippen molar-refractivity contribution in [2.45, 2.75) is 18.3 Å². The number of carboxylic acids is 1. The molecule has 21 heteroatoms. The molecule has 0 spiro atoms. The Hall–Kier alpha value is -3.56. The van der Waals surface area contributed by atoms with E-state index in [2.05, 4.69) is 35.8 Å². The third-order valence-electron chi connectivity index (χ3n) is 5.46. The average Bonchev–Trinajstić information content (AvgIpc) is 3.60. The Kier molecular flexibility index (Phi) is 10.1. The number of amides is 3. The zero-order chi connectivity index (χ0) is 33.1. The normalized spacial score (nSPS) is 19.4. The number of anilines is 2. The Morgan fingerprint density at radius 1 is 1.16 bits per heavy atom. The summed E-state index contributed by atoms with van der Waals surface area (Å²) in [5.74, 6) is -4.81. The maximum absolute atomic E-state index is 13.2. The van der Waals surface area contributed by atoms with Crippen LogP contribution in [0, 0.1) is 0 Å². The number of nitrogens with one attached hydrogen (secondary N) is 2. The van der Waals surface area contributed by atoms with Gasteiger partial charge in [-0.25, -0.2) is 9.97 Å². The van der Waals surface area contributed by atoms with E-state index in [4.69, 9.17) is 19.4 Å². The van der Waals surface area contributed by atoms with E-state index < -0.39 is 59.5 Å². The van der Waals surface area contributed by atoms with Gasteiger partial charge < -0.3 is 35.4 Å².